The van der Waals surface area contributed by atoms with Gasteiger partial charge in [0.2, 0.25) is 5.89 Å². The van der Waals surface area contributed by atoms with E-state index < -0.39 is 0 Å². The van der Waals surface area contributed by atoms with Crippen LogP contribution in [0.15, 0.2) is 17.0 Å². The van der Waals surface area contributed by atoms with Crippen LogP contribution in [0.4, 0.5) is 0 Å². The fourth-order valence-electron chi connectivity index (χ4n) is 2.86. The first-order valence-electron chi connectivity index (χ1n) is 7.30. The highest BCUT2D eigenvalue weighted by Crippen LogP contribution is 2.39. The fraction of sp³-hybridized carbons (Fsp3) is 0.643. The van der Waals surface area contributed by atoms with Gasteiger partial charge in [0.25, 0.3) is 0 Å². The zero-order chi connectivity index (χ0) is 13.5. The van der Waals surface area contributed by atoms with Crippen LogP contribution in [0.1, 0.15) is 48.5 Å². The van der Waals surface area contributed by atoms with Gasteiger partial charge in [-0.3, -0.25) is 4.90 Å². The molecular formula is C14H19N5O. The maximum absolute atomic E-state index is 5.45. The van der Waals surface area contributed by atoms with Gasteiger partial charge in [-0.25, -0.2) is 4.98 Å². The average molecular weight is 273 g/mol. The minimum absolute atomic E-state index is 0.392. The van der Waals surface area contributed by atoms with Crippen molar-refractivity contribution in [1.29, 1.82) is 0 Å². The Bertz CT molecular complexity index is 600. The second kappa shape index (κ2) is 4.70. The van der Waals surface area contributed by atoms with Crippen molar-refractivity contribution in [2.24, 2.45) is 7.05 Å². The Morgan fingerprint density at radius 3 is 2.95 bits per heavy atom. The highest BCUT2D eigenvalue weighted by atomic mass is 16.5. The number of rotatable bonds is 4. The largest absolute Gasteiger partial charge is 0.339 e. The van der Waals surface area contributed by atoms with Gasteiger partial charge >= 0.3 is 0 Å². The van der Waals surface area contributed by atoms with Gasteiger partial charge in [-0.15, -0.1) is 0 Å². The van der Waals surface area contributed by atoms with Crippen LogP contribution in [0, 0.1) is 0 Å². The predicted molar refractivity (Wildman–Crippen MR) is 72.1 cm³/mol. The van der Waals surface area contributed by atoms with Crippen LogP contribution < -0.4 is 0 Å². The van der Waals surface area contributed by atoms with Gasteiger partial charge in [0.05, 0.1) is 17.9 Å². The van der Waals surface area contributed by atoms with Gasteiger partial charge in [0.15, 0.2) is 5.82 Å². The van der Waals surface area contributed by atoms with Crippen LogP contribution in [0.5, 0.6) is 0 Å². The standard InChI is InChI=1S/C14H19N5O/c1-18-9-15-6-12(18)8-19-5-4-11(7-19)14-16-13(17-20-14)10-2-3-10/h6,9-11H,2-5,7-8H2,1H3/t11-/m1/s1. The summed E-state index contributed by atoms with van der Waals surface area (Å²) >= 11 is 0. The van der Waals surface area contributed by atoms with E-state index in [0.717, 1.165) is 37.8 Å². The van der Waals surface area contributed by atoms with Crippen LogP contribution in [0.3, 0.4) is 0 Å². The number of hydrogen-bond donors (Lipinski definition) is 0. The van der Waals surface area contributed by atoms with E-state index in [9.17, 15) is 0 Å². The Morgan fingerprint density at radius 2 is 2.20 bits per heavy atom. The van der Waals surface area contributed by atoms with Gasteiger partial charge in [0, 0.05) is 32.3 Å². The predicted octanol–water partition coefficient (Wildman–Crippen LogP) is 1.67. The highest BCUT2D eigenvalue weighted by molar-refractivity contribution is 5.07. The zero-order valence-corrected chi connectivity index (χ0v) is 11.7. The first-order valence-corrected chi connectivity index (χ1v) is 7.30. The van der Waals surface area contributed by atoms with E-state index in [1.165, 1.54) is 18.5 Å². The number of likely N-dealkylation sites (tertiary alicyclic amines) is 1. The maximum Gasteiger partial charge on any atom is 0.231 e. The number of aromatic nitrogens is 4. The number of nitrogens with zero attached hydrogens (tertiary/aromatic N) is 5. The Kier molecular flexibility index (Phi) is 2.84. The molecular weight excluding hydrogens is 254 g/mol. The lowest BCUT2D eigenvalue weighted by molar-refractivity contribution is 0.303. The quantitative estimate of drug-likeness (QED) is 0.848. The van der Waals surface area contributed by atoms with E-state index in [0.29, 0.717) is 11.8 Å². The molecule has 0 amide bonds. The van der Waals surface area contributed by atoms with Crippen molar-refractivity contribution in [1.82, 2.24) is 24.6 Å². The van der Waals surface area contributed by atoms with Gasteiger partial charge in [-0.1, -0.05) is 5.16 Å². The highest BCUT2D eigenvalue weighted by Gasteiger charge is 2.32. The lowest BCUT2D eigenvalue weighted by atomic mass is 10.1. The molecule has 0 radical (unpaired) electrons. The number of hydrogen-bond acceptors (Lipinski definition) is 5. The Hall–Kier alpha value is -1.69. The molecule has 1 aliphatic carbocycles. The average Bonchev–Trinajstić information content (AvgIpc) is 2.88. The van der Waals surface area contributed by atoms with E-state index in [4.69, 9.17) is 4.52 Å². The van der Waals surface area contributed by atoms with E-state index in [2.05, 4.69) is 24.6 Å². The normalized spacial score (nSPS) is 23.6. The van der Waals surface area contributed by atoms with Crippen LogP contribution >= 0.6 is 0 Å². The van der Waals surface area contributed by atoms with Crippen molar-refractivity contribution in [3.05, 3.63) is 29.9 Å². The van der Waals surface area contributed by atoms with Gasteiger partial charge in [-0.2, -0.15) is 4.98 Å². The fourth-order valence-corrected chi connectivity index (χ4v) is 2.86. The van der Waals surface area contributed by atoms with E-state index in [1.807, 2.05) is 19.6 Å². The molecule has 1 saturated carbocycles. The number of imidazole rings is 1. The first-order chi connectivity index (χ1) is 9.79. The van der Waals surface area contributed by atoms with Crippen LogP contribution in [-0.4, -0.2) is 37.7 Å². The van der Waals surface area contributed by atoms with Crippen molar-refractivity contribution in [3.63, 3.8) is 0 Å². The summed E-state index contributed by atoms with van der Waals surface area (Å²) < 4.78 is 7.53. The molecule has 2 aromatic heterocycles. The minimum Gasteiger partial charge on any atom is -0.339 e. The van der Waals surface area contributed by atoms with Crippen molar-refractivity contribution >= 4 is 0 Å². The van der Waals surface area contributed by atoms with Crippen molar-refractivity contribution in [2.75, 3.05) is 13.1 Å². The lowest BCUT2D eigenvalue weighted by Gasteiger charge is -2.14. The molecule has 1 aliphatic heterocycles. The second-order valence-corrected chi connectivity index (χ2v) is 5.98. The molecule has 0 N–H and O–H groups in total. The Morgan fingerprint density at radius 1 is 1.30 bits per heavy atom. The second-order valence-electron chi connectivity index (χ2n) is 5.98. The Labute approximate surface area is 117 Å². The molecule has 1 atom stereocenters. The summed E-state index contributed by atoms with van der Waals surface area (Å²) in [6, 6.07) is 0. The third kappa shape index (κ3) is 2.24. The minimum atomic E-state index is 0.392. The van der Waals surface area contributed by atoms with Crippen LogP contribution in [0.25, 0.3) is 0 Å². The van der Waals surface area contributed by atoms with Crippen LogP contribution in [0.2, 0.25) is 0 Å². The lowest BCUT2D eigenvalue weighted by Crippen LogP contribution is -2.21. The topological polar surface area (TPSA) is 60.0 Å². The molecule has 0 bridgehead atoms. The molecule has 2 fully saturated rings. The molecule has 0 spiro atoms. The van der Waals surface area contributed by atoms with Crippen molar-refractivity contribution in [3.8, 4) is 0 Å². The summed E-state index contributed by atoms with van der Waals surface area (Å²) in [7, 11) is 2.04. The summed E-state index contributed by atoms with van der Waals surface area (Å²) in [6.45, 7) is 3.02. The smallest absolute Gasteiger partial charge is 0.231 e. The molecule has 6 nitrogen and oxygen atoms in total. The van der Waals surface area contributed by atoms with E-state index in [1.54, 1.807) is 0 Å². The van der Waals surface area contributed by atoms with E-state index >= 15 is 0 Å². The summed E-state index contributed by atoms with van der Waals surface area (Å²) in [6.07, 6.45) is 7.32. The van der Waals surface area contributed by atoms with Crippen molar-refractivity contribution < 1.29 is 4.52 Å². The third-order valence-electron chi connectivity index (χ3n) is 4.32. The Balaban J connectivity index is 1.40. The summed E-state index contributed by atoms with van der Waals surface area (Å²) in [5.74, 6) is 2.71. The van der Waals surface area contributed by atoms with Gasteiger partial charge in [0.1, 0.15) is 0 Å². The molecule has 3 heterocycles. The summed E-state index contributed by atoms with van der Waals surface area (Å²) in [4.78, 5) is 11.2. The van der Waals surface area contributed by atoms with Crippen LogP contribution in [-0.2, 0) is 13.6 Å². The number of aryl methyl sites for hydroxylation is 1. The zero-order valence-electron chi connectivity index (χ0n) is 11.7. The molecule has 20 heavy (non-hydrogen) atoms. The SMILES string of the molecule is Cn1cncc1CN1CC[C@@H](c2nc(C3CC3)no2)C1. The maximum atomic E-state index is 5.45. The third-order valence-corrected chi connectivity index (χ3v) is 4.32. The molecule has 106 valence electrons. The molecule has 0 unspecified atom stereocenters. The molecule has 4 rings (SSSR count). The van der Waals surface area contributed by atoms with Gasteiger partial charge in [-0.05, 0) is 25.8 Å². The molecule has 2 aromatic rings. The molecule has 1 saturated heterocycles. The first kappa shape index (κ1) is 12.1. The monoisotopic (exact) mass is 273 g/mol. The van der Waals surface area contributed by atoms with Crippen molar-refractivity contribution in [2.45, 2.75) is 37.6 Å². The summed E-state index contributed by atoms with van der Waals surface area (Å²) in [5.41, 5.74) is 1.25. The molecule has 6 heteroatoms. The van der Waals surface area contributed by atoms with Gasteiger partial charge < -0.3 is 9.09 Å². The van der Waals surface area contributed by atoms with E-state index in [-0.39, 0.29) is 0 Å². The molecule has 0 aromatic carbocycles. The summed E-state index contributed by atoms with van der Waals surface area (Å²) in [5, 5.41) is 4.12. The molecule has 2 aliphatic rings.